The number of rotatable bonds is 6. The van der Waals surface area contributed by atoms with E-state index in [1.54, 1.807) is 7.11 Å². The molecule has 1 unspecified atom stereocenters. The van der Waals surface area contributed by atoms with Crippen LogP contribution in [0.4, 0.5) is 0 Å². The average Bonchev–Trinajstić information content (AvgIpc) is 3.35. The molecule has 0 saturated heterocycles. The third-order valence-corrected chi connectivity index (χ3v) is 4.62. The standard InChI is InChI=1S/C19H23NO2/c1-14(20)19(11-12-19)16-9-6-10-17(18(16)21-2)22-13-15-7-4-3-5-8-15/h3-10,14H,11-13,20H2,1-2H3. The fourth-order valence-electron chi connectivity index (χ4n) is 3.07. The van der Waals surface area contributed by atoms with Gasteiger partial charge in [-0.3, -0.25) is 0 Å². The monoisotopic (exact) mass is 297 g/mol. The average molecular weight is 297 g/mol. The van der Waals surface area contributed by atoms with Crippen molar-refractivity contribution in [1.82, 2.24) is 0 Å². The van der Waals surface area contributed by atoms with Gasteiger partial charge in [0.15, 0.2) is 11.5 Å². The molecule has 1 fully saturated rings. The molecule has 1 aliphatic carbocycles. The summed E-state index contributed by atoms with van der Waals surface area (Å²) in [6.07, 6.45) is 2.23. The molecule has 22 heavy (non-hydrogen) atoms. The van der Waals surface area contributed by atoms with E-state index in [4.69, 9.17) is 15.2 Å². The van der Waals surface area contributed by atoms with E-state index in [1.807, 2.05) is 30.3 Å². The smallest absolute Gasteiger partial charge is 0.164 e. The van der Waals surface area contributed by atoms with E-state index >= 15 is 0 Å². The van der Waals surface area contributed by atoms with E-state index in [1.165, 1.54) is 5.56 Å². The van der Waals surface area contributed by atoms with Crippen LogP contribution in [0.3, 0.4) is 0 Å². The van der Waals surface area contributed by atoms with E-state index in [0.29, 0.717) is 6.61 Å². The minimum Gasteiger partial charge on any atom is -0.493 e. The molecule has 0 aromatic heterocycles. The van der Waals surface area contributed by atoms with Crippen molar-refractivity contribution in [2.75, 3.05) is 7.11 Å². The number of benzene rings is 2. The molecule has 2 aromatic rings. The quantitative estimate of drug-likeness (QED) is 0.885. The summed E-state index contributed by atoms with van der Waals surface area (Å²) in [4.78, 5) is 0. The molecule has 3 rings (SSSR count). The predicted octanol–water partition coefficient (Wildman–Crippen LogP) is 3.65. The van der Waals surface area contributed by atoms with Gasteiger partial charge in [0.05, 0.1) is 7.11 Å². The van der Waals surface area contributed by atoms with Crippen LogP contribution < -0.4 is 15.2 Å². The Morgan fingerprint density at radius 2 is 1.82 bits per heavy atom. The van der Waals surface area contributed by atoms with E-state index in [9.17, 15) is 0 Å². The van der Waals surface area contributed by atoms with Gasteiger partial charge in [-0.05, 0) is 31.4 Å². The van der Waals surface area contributed by atoms with E-state index in [2.05, 4.69) is 25.1 Å². The van der Waals surface area contributed by atoms with Crippen molar-refractivity contribution in [2.24, 2.45) is 5.73 Å². The van der Waals surface area contributed by atoms with Gasteiger partial charge in [0.1, 0.15) is 6.61 Å². The first-order valence-corrected chi connectivity index (χ1v) is 7.77. The van der Waals surface area contributed by atoms with Crippen LogP contribution in [0, 0.1) is 0 Å². The van der Waals surface area contributed by atoms with E-state index in [0.717, 1.165) is 29.9 Å². The summed E-state index contributed by atoms with van der Waals surface area (Å²) in [5.74, 6) is 1.61. The van der Waals surface area contributed by atoms with Crippen molar-refractivity contribution >= 4 is 0 Å². The summed E-state index contributed by atoms with van der Waals surface area (Å²) in [6, 6.07) is 16.4. The first-order valence-electron chi connectivity index (χ1n) is 7.77. The molecule has 1 atom stereocenters. The van der Waals surface area contributed by atoms with Crippen molar-refractivity contribution in [1.29, 1.82) is 0 Å². The topological polar surface area (TPSA) is 44.5 Å². The summed E-state index contributed by atoms with van der Waals surface area (Å²) in [7, 11) is 1.70. The molecule has 0 bridgehead atoms. The molecular formula is C19H23NO2. The third kappa shape index (κ3) is 2.69. The molecule has 3 heteroatoms. The van der Waals surface area contributed by atoms with Gasteiger partial charge in [-0.1, -0.05) is 42.5 Å². The molecule has 1 saturated carbocycles. The van der Waals surface area contributed by atoms with Crippen LogP contribution >= 0.6 is 0 Å². The largest absolute Gasteiger partial charge is 0.493 e. The molecule has 116 valence electrons. The van der Waals surface area contributed by atoms with Gasteiger partial charge >= 0.3 is 0 Å². The number of ether oxygens (including phenoxy) is 2. The fraction of sp³-hybridized carbons (Fsp3) is 0.368. The van der Waals surface area contributed by atoms with Gasteiger partial charge in [0, 0.05) is 17.0 Å². The van der Waals surface area contributed by atoms with Crippen LogP contribution in [-0.4, -0.2) is 13.2 Å². The van der Waals surface area contributed by atoms with Gasteiger partial charge in [0.25, 0.3) is 0 Å². The lowest BCUT2D eigenvalue weighted by Gasteiger charge is -2.24. The first kappa shape index (κ1) is 14.9. The highest BCUT2D eigenvalue weighted by molar-refractivity contribution is 5.53. The number of para-hydroxylation sites is 1. The molecule has 0 aliphatic heterocycles. The summed E-state index contributed by atoms with van der Waals surface area (Å²) < 4.78 is 11.7. The second-order valence-corrected chi connectivity index (χ2v) is 6.06. The Kier molecular flexibility index (Phi) is 4.08. The Labute approximate surface area is 132 Å². The molecule has 0 spiro atoms. The highest BCUT2D eigenvalue weighted by atomic mass is 16.5. The number of methoxy groups -OCH3 is 1. The summed E-state index contributed by atoms with van der Waals surface area (Å²) >= 11 is 0. The van der Waals surface area contributed by atoms with Crippen LogP contribution in [0.15, 0.2) is 48.5 Å². The van der Waals surface area contributed by atoms with E-state index in [-0.39, 0.29) is 11.5 Å². The van der Waals surface area contributed by atoms with Gasteiger partial charge in [0.2, 0.25) is 0 Å². The molecule has 0 radical (unpaired) electrons. The Morgan fingerprint density at radius 3 is 2.41 bits per heavy atom. The molecule has 3 nitrogen and oxygen atoms in total. The lowest BCUT2D eigenvalue weighted by Crippen LogP contribution is -2.31. The summed E-state index contributed by atoms with van der Waals surface area (Å²) in [5.41, 5.74) is 8.58. The second-order valence-electron chi connectivity index (χ2n) is 6.06. The Hall–Kier alpha value is -2.00. The highest BCUT2D eigenvalue weighted by Gasteiger charge is 2.49. The van der Waals surface area contributed by atoms with Gasteiger partial charge < -0.3 is 15.2 Å². The van der Waals surface area contributed by atoms with Crippen LogP contribution in [0.5, 0.6) is 11.5 Å². The van der Waals surface area contributed by atoms with Crippen LogP contribution in [0.1, 0.15) is 30.9 Å². The molecule has 2 N–H and O–H groups in total. The van der Waals surface area contributed by atoms with Crippen molar-refractivity contribution < 1.29 is 9.47 Å². The third-order valence-electron chi connectivity index (χ3n) is 4.62. The number of hydrogen-bond donors (Lipinski definition) is 1. The molecule has 1 aliphatic rings. The Morgan fingerprint density at radius 1 is 1.09 bits per heavy atom. The Balaban J connectivity index is 1.86. The van der Waals surface area contributed by atoms with E-state index < -0.39 is 0 Å². The maximum Gasteiger partial charge on any atom is 0.164 e. The van der Waals surface area contributed by atoms with Gasteiger partial charge in [-0.2, -0.15) is 0 Å². The van der Waals surface area contributed by atoms with Crippen molar-refractivity contribution in [3.8, 4) is 11.5 Å². The first-order chi connectivity index (χ1) is 10.7. The minimum atomic E-state index is 0.0530. The maximum absolute atomic E-state index is 6.21. The van der Waals surface area contributed by atoms with Crippen LogP contribution in [-0.2, 0) is 12.0 Å². The zero-order chi connectivity index (χ0) is 15.6. The lowest BCUT2D eigenvalue weighted by atomic mass is 9.88. The lowest BCUT2D eigenvalue weighted by molar-refractivity contribution is 0.281. The fourth-order valence-corrected chi connectivity index (χ4v) is 3.07. The van der Waals surface area contributed by atoms with Crippen LogP contribution in [0.2, 0.25) is 0 Å². The number of nitrogens with two attached hydrogens (primary N) is 1. The van der Waals surface area contributed by atoms with Gasteiger partial charge in [-0.15, -0.1) is 0 Å². The molecular weight excluding hydrogens is 274 g/mol. The molecule has 2 aromatic carbocycles. The second kappa shape index (κ2) is 6.01. The summed E-state index contributed by atoms with van der Waals surface area (Å²) in [5, 5.41) is 0. The van der Waals surface area contributed by atoms with Crippen molar-refractivity contribution in [3.63, 3.8) is 0 Å². The Bertz CT molecular complexity index is 633. The number of hydrogen-bond acceptors (Lipinski definition) is 3. The van der Waals surface area contributed by atoms with Crippen LogP contribution in [0.25, 0.3) is 0 Å². The summed E-state index contributed by atoms with van der Waals surface area (Å²) in [6.45, 7) is 2.61. The SMILES string of the molecule is COc1c(OCc2ccccc2)cccc1C1(C(C)N)CC1. The normalized spacial score (nSPS) is 16.9. The van der Waals surface area contributed by atoms with Gasteiger partial charge in [-0.25, -0.2) is 0 Å². The zero-order valence-electron chi connectivity index (χ0n) is 13.2. The predicted molar refractivity (Wildman–Crippen MR) is 88.3 cm³/mol. The minimum absolute atomic E-state index is 0.0530. The van der Waals surface area contributed by atoms with Crippen molar-refractivity contribution in [2.45, 2.75) is 37.8 Å². The molecule has 0 amide bonds. The van der Waals surface area contributed by atoms with Crippen molar-refractivity contribution in [3.05, 3.63) is 59.7 Å². The highest BCUT2D eigenvalue weighted by Crippen LogP contribution is 2.54. The maximum atomic E-state index is 6.21. The zero-order valence-corrected chi connectivity index (χ0v) is 13.2. The molecule has 0 heterocycles.